The van der Waals surface area contributed by atoms with Crippen molar-refractivity contribution in [2.75, 3.05) is 4.72 Å². The minimum Gasteiger partial charge on any atom is -0.507 e. The van der Waals surface area contributed by atoms with Gasteiger partial charge in [-0.25, -0.2) is 8.42 Å². The highest BCUT2D eigenvalue weighted by atomic mass is 32.2. The maximum atomic E-state index is 12.7. The number of alkyl halides is 3. The van der Waals surface area contributed by atoms with Crippen molar-refractivity contribution >= 4 is 21.5 Å². The van der Waals surface area contributed by atoms with E-state index in [1.807, 2.05) is 4.72 Å². The Bertz CT molecular complexity index is 875. The van der Waals surface area contributed by atoms with Crippen molar-refractivity contribution < 1.29 is 31.5 Å². The topological polar surface area (TPSA) is 83.5 Å². The normalized spacial score (nSPS) is 12.0. The summed E-state index contributed by atoms with van der Waals surface area (Å²) in [7, 11) is -4.23. The van der Waals surface area contributed by atoms with Crippen molar-refractivity contribution in [1.82, 2.24) is 0 Å². The highest BCUT2D eigenvalue weighted by molar-refractivity contribution is 7.92. The number of aryl methyl sites for hydroxylation is 1. The van der Waals surface area contributed by atoms with Crippen molar-refractivity contribution in [2.45, 2.75) is 18.0 Å². The fourth-order valence-corrected chi connectivity index (χ4v) is 3.00. The van der Waals surface area contributed by atoms with E-state index in [4.69, 9.17) is 0 Å². The zero-order valence-corrected chi connectivity index (χ0v) is 13.1. The number of nitrogens with one attached hydrogen (secondary N) is 1. The van der Waals surface area contributed by atoms with Crippen LogP contribution >= 0.6 is 0 Å². The SMILES string of the molecule is Cc1ccc(S(=O)(=O)Nc2cccc(O)c2C(=O)C(F)(F)F)cc1. The van der Waals surface area contributed by atoms with Gasteiger partial charge in [0.2, 0.25) is 0 Å². The average molecular weight is 359 g/mol. The van der Waals surface area contributed by atoms with E-state index in [1.54, 1.807) is 6.92 Å². The van der Waals surface area contributed by atoms with Crippen LogP contribution in [0, 0.1) is 6.92 Å². The molecule has 0 amide bonds. The van der Waals surface area contributed by atoms with Gasteiger partial charge in [-0.1, -0.05) is 23.8 Å². The number of aromatic hydroxyl groups is 1. The van der Waals surface area contributed by atoms with Crippen molar-refractivity contribution in [3.05, 3.63) is 53.6 Å². The van der Waals surface area contributed by atoms with Crippen LogP contribution in [0.4, 0.5) is 18.9 Å². The van der Waals surface area contributed by atoms with E-state index in [1.165, 1.54) is 24.3 Å². The molecular weight excluding hydrogens is 347 g/mol. The molecule has 128 valence electrons. The summed E-state index contributed by atoms with van der Waals surface area (Å²) in [6.45, 7) is 1.74. The maximum absolute atomic E-state index is 12.7. The van der Waals surface area contributed by atoms with Crippen LogP contribution in [0.3, 0.4) is 0 Å². The fraction of sp³-hybridized carbons (Fsp3) is 0.133. The number of sulfonamides is 1. The van der Waals surface area contributed by atoms with Crippen LogP contribution in [0.1, 0.15) is 15.9 Å². The van der Waals surface area contributed by atoms with E-state index in [-0.39, 0.29) is 4.90 Å². The van der Waals surface area contributed by atoms with E-state index in [2.05, 4.69) is 0 Å². The number of carbonyl (C=O) groups is 1. The Labute approximate surface area is 135 Å². The Morgan fingerprint density at radius 2 is 1.67 bits per heavy atom. The van der Waals surface area contributed by atoms with Gasteiger partial charge in [-0.15, -0.1) is 0 Å². The summed E-state index contributed by atoms with van der Waals surface area (Å²) >= 11 is 0. The fourth-order valence-electron chi connectivity index (χ4n) is 1.93. The second kappa shape index (κ2) is 6.16. The maximum Gasteiger partial charge on any atom is 0.455 e. The molecule has 0 fully saturated rings. The van der Waals surface area contributed by atoms with E-state index in [0.717, 1.165) is 23.8 Å². The molecule has 2 rings (SSSR count). The molecule has 2 aromatic rings. The summed E-state index contributed by atoms with van der Waals surface area (Å²) in [6.07, 6.45) is -5.26. The lowest BCUT2D eigenvalue weighted by Gasteiger charge is -2.14. The second-order valence-corrected chi connectivity index (χ2v) is 6.63. The quantitative estimate of drug-likeness (QED) is 0.821. The first kappa shape index (κ1) is 17.8. The van der Waals surface area contributed by atoms with E-state index < -0.39 is 39.0 Å². The Hall–Kier alpha value is -2.55. The van der Waals surface area contributed by atoms with Gasteiger partial charge in [0.1, 0.15) is 5.75 Å². The van der Waals surface area contributed by atoms with Crippen molar-refractivity contribution in [1.29, 1.82) is 0 Å². The number of ketones is 1. The number of carbonyl (C=O) groups excluding carboxylic acids is 1. The van der Waals surface area contributed by atoms with Crippen LogP contribution in [0.15, 0.2) is 47.4 Å². The number of anilines is 1. The van der Waals surface area contributed by atoms with Gasteiger partial charge in [0.15, 0.2) is 0 Å². The summed E-state index contributed by atoms with van der Waals surface area (Å²) in [6, 6.07) is 8.51. The van der Waals surface area contributed by atoms with Gasteiger partial charge in [-0.05, 0) is 31.2 Å². The molecule has 0 unspecified atom stereocenters. The summed E-state index contributed by atoms with van der Waals surface area (Å²) in [5.74, 6) is -3.32. The molecule has 0 aliphatic carbocycles. The molecular formula is C15H12F3NO4S. The van der Waals surface area contributed by atoms with E-state index in [9.17, 15) is 31.5 Å². The average Bonchev–Trinajstić information content (AvgIpc) is 2.46. The predicted octanol–water partition coefficient (Wildman–Crippen LogP) is 3.25. The number of hydrogen-bond donors (Lipinski definition) is 2. The van der Waals surface area contributed by atoms with E-state index in [0.29, 0.717) is 0 Å². The van der Waals surface area contributed by atoms with Gasteiger partial charge < -0.3 is 5.11 Å². The minimum absolute atomic E-state index is 0.193. The minimum atomic E-state index is -5.26. The number of phenols is 1. The van der Waals surface area contributed by atoms with Crippen LogP contribution in [0.5, 0.6) is 5.75 Å². The molecule has 0 aliphatic rings. The molecule has 24 heavy (non-hydrogen) atoms. The largest absolute Gasteiger partial charge is 0.507 e. The van der Waals surface area contributed by atoms with Crippen molar-refractivity contribution in [3.63, 3.8) is 0 Å². The standard InChI is InChI=1S/C15H12F3NO4S/c1-9-5-7-10(8-6-9)24(22,23)19-11-3-2-4-12(20)13(11)14(21)15(16,17)18/h2-8,19-20H,1H3. The molecule has 9 heteroatoms. The molecule has 0 atom stereocenters. The van der Waals surface area contributed by atoms with Crippen LogP contribution in [0.2, 0.25) is 0 Å². The van der Waals surface area contributed by atoms with Gasteiger partial charge >= 0.3 is 6.18 Å². The molecule has 0 radical (unpaired) electrons. The number of hydrogen-bond acceptors (Lipinski definition) is 4. The summed E-state index contributed by atoms with van der Waals surface area (Å²) in [5, 5.41) is 9.57. The third kappa shape index (κ3) is 3.67. The van der Waals surface area contributed by atoms with Crippen molar-refractivity contribution in [3.8, 4) is 5.75 Å². The van der Waals surface area contributed by atoms with Gasteiger partial charge in [0, 0.05) is 0 Å². The smallest absolute Gasteiger partial charge is 0.455 e. The lowest BCUT2D eigenvalue weighted by atomic mass is 10.1. The van der Waals surface area contributed by atoms with Gasteiger partial charge in [-0.2, -0.15) is 13.2 Å². The first-order chi connectivity index (χ1) is 11.0. The summed E-state index contributed by atoms with van der Waals surface area (Å²) in [4.78, 5) is 11.3. The van der Waals surface area contributed by atoms with Crippen LogP contribution in [-0.2, 0) is 10.0 Å². The third-order valence-corrected chi connectivity index (χ3v) is 4.48. The molecule has 0 saturated carbocycles. The highest BCUT2D eigenvalue weighted by Crippen LogP contribution is 2.33. The lowest BCUT2D eigenvalue weighted by molar-refractivity contribution is -0.0886. The first-order valence-corrected chi connectivity index (χ1v) is 8.03. The van der Waals surface area contributed by atoms with Gasteiger partial charge in [-0.3, -0.25) is 9.52 Å². The zero-order valence-electron chi connectivity index (χ0n) is 12.3. The predicted molar refractivity (Wildman–Crippen MR) is 80.5 cm³/mol. The Kier molecular flexibility index (Phi) is 4.57. The summed E-state index contributed by atoms with van der Waals surface area (Å²) in [5.41, 5.74) is -1.02. The summed E-state index contributed by atoms with van der Waals surface area (Å²) < 4.78 is 64.4. The van der Waals surface area contributed by atoms with Gasteiger partial charge in [0.05, 0.1) is 16.1 Å². The molecule has 0 saturated heterocycles. The molecule has 2 N–H and O–H groups in total. The highest BCUT2D eigenvalue weighted by Gasteiger charge is 2.42. The second-order valence-electron chi connectivity index (χ2n) is 4.95. The van der Waals surface area contributed by atoms with Crippen LogP contribution in [0.25, 0.3) is 0 Å². The molecule has 0 aliphatic heterocycles. The monoisotopic (exact) mass is 359 g/mol. The Morgan fingerprint density at radius 3 is 2.21 bits per heavy atom. The van der Waals surface area contributed by atoms with Crippen molar-refractivity contribution in [2.24, 2.45) is 0 Å². The molecule has 0 heterocycles. The number of halogens is 3. The number of Topliss-reactive ketones (excluding diaryl/α,β-unsaturated/α-hetero) is 1. The molecule has 0 spiro atoms. The molecule has 0 aromatic heterocycles. The van der Waals surface area contributed by atoms with Crippen LogP contribution < -0.4 is 4.72 Å². The number of phenolic OH excluding ortho intramolecular Hbond substituents is 1. The lowest BCUT2D eigenvalue weighted by Crippen LogP contribution is -2.25. The van der Waals surface area contributed by atoms with Gasteiger partial charge in [0.25, 0.3) is 15.8 Å². The van der Waals surface area contributed by atoms with E-state index >= 15 is 0 Å². The van der Waals surface area contributed by atoms with Crippen LogP contribution in [-0.4, -0.2) is 25.5 Å². The molecule has 5 nitrogen and oxygen atoms in total. The molecule has 0 bridgehead atoms. The number of benzene rings is 2. The first-order valence-electron chi connectivity index (χ1n) is 6.55. The Balaban J connectivity index is 2.49. The Morgan fingerprint density at radius 1 is 1.08 bits per heavy atom. The zero-order chi connectivity index (χ0) is 18.1. The molecule has 2 aromatic carbocycles. The number of rotatable bonds is 4. The third-order valence-electron chi connectivity index (χ3n) is 3.10.